The largest absolute Gasteiger partial charge is 0.296 e. The summed E-state index contributed by atoms with van der Waals surface area (Å²) in [5.41, 5.74) is 0.627. The lowest BCUT2D eigenvalue weighted by Crippen LogP contribution is -2.11. The molecule has 94 valence electrons. The van der Waals surface area contributed by atoms with Crippen LogP contribution in [0.1, 0.15) is 28.7 Å². The summed E-state index contributed by atoms with van der Waals surface area (Å²) >= 11 is 3.63. The Labute approximate surface area is 123 Å². The Kier molecular flexibility index (Phi) is 4.65. The summed E-state index contributed by atoms with van der Waals surface area (Å²) in [5.74, 6) is -0.148. The maximum absolute atomic E-state index is 11.9. The van der Waals surface area contributed by atoms with Crippen molar-refractivity contribution in [2.24, 2.45) is 0 Å². The summed E-state index contributed by atoms with van der Waals surface area (Å²) in [5, 5.41) is 12.2. The summed E-state index contributed by atoms with van der Waals surface area (Å²) in [4.78, 5) is 11.9. The Balaban J connectivity index is 2.04. The third kappa shape index (κ3) is 3.49. The fourth-order valence-corrected chi connectivity index (χ4v) is 2.59. The Morgan fingerprint density at radius 3 is 2.72 bits per heavy atom. The van der Waals surface area contributed by atoms with Gasteiger partial charge in [-0.15, -0.1) is 10.2 Å². The van der Waals surface area contributed by atoms with E-state index in [1.54, 1.807) is 12.1 Å². The smallest absolute Gasteiger partial charge is 0.257 e. The number of nitrogens with zero attached hydrogens (tertiary/aromatic N) is 2. The molecule has 1 amide bonds. The van der Waals surface area contributed by atoms with E-state index in [2.05, 4.69) is 45.0 Å². The Hall–Kier alpha value is -1.02. The molecule has 1 aromatic carbocycles. The number of benzene rings is 1. The molecule has 0 fully saturated rings. The quantitative estimate of drug-likeness (QED) is 0.837. The molecule has 0 saturated carbocycles. The first-order valence-electron chi connectivity index (χ1n) is 5.58. The lowest BCUT2D eigenvalue weighted by atomic mass is 10.2. The van der Waals surface area contributed by atoms with E-state index in [0.717, 1.165) is 21.4 Å². The van der Waals surface area contributed by atoms with Crippen LogP contribution in [0.25, 0.3) is 0 Å². The van der Waals surface area contributed by atoms with Crippen molar-refractivity contribution in [2.45, 2.75) is 19.8 Å². The number of anilines is 1. The number of rotatable bonds is 4. The number of hydrogen-bond acceptors (Lipinski definition) is 4. The Morgan fingerprint density at radius 1 is 1.33 bits per heavy atom. The van der Waals surface area contributed by atoms with E-state index in [1.165, 1.54) is 11.3 Å². The van der Waals surface area contributed by atoms with Crippen LogP contribution in [0.5, 0.6) is 0 Å². The number of halogens is 1. The van der Waals surface area contributed by atoms with Crippen molar-refractivity contribution < 1.29 is 4.79 Å². The van der Waals surface area contributed by atoms with Gasteiger partial charge in [0.1, 0.15) is 5.01 Å². The molecule has 0 aliphatic heterocycles. The SMILES string of the molecule is CCCc1nnc(NC(=O)c2ccc(I)cc2)s1. The van der Waals surface area contributed by atoms with Gasteiger partial charge in [-0.2, -0.15) is 0 Å². The molecule has 0 radical (unpaired) electrons. The topological polar surface area (TPSA) is 54.9 Å². The summed E-state index contributed by atoms with van der Waals surface area (Å²) in [6, 6.07) is 7.40. The zero-order valence-corrected chi connectivity index (χ0v) is 12.8. The fourth-order valence-electron chi connectivity index (χ4n) is 1.39. The third-order valence-electron chi connectivity index (χ3n) is 2.26. The maximum Gasteiger partial charge on any atom is 0.257 e. The van der Waals surface area contributed by atoms with Crippen molar-refractivity contribution in [2.75, 3.05) is 5.32 Å². The number of carbonyl (C=O) groups is 1. The van der Waals surface area contributed by atoms with Crippen molar-refractivity contribution in [1.29, 1.82) is 0 Å². The minimum atomic E-state index is -0.148. The van der Waals surface area contributed by atoms with E-state index < -0.39 is 0 Å². The Morgan fingerprint density at radius 2 is 2.06 bits per heavy atom. The second-order valence-corrected chi connectivity index (χ2v) is 6.02. The highest BCUT2D eigenvalue weighted by Gasteiger charge is 2.09. The van der Waals surface area contributed by atoms with Gasteiger partial charge >= 0.3 is 0 Å². The highest BCUT2D eigenvalue weighted by Crippen LogP contribution is 2.17. The van der Waals surface area contributed by atoms with Crippen LogP contribution in [0, 0.1) is 3.57 Å². The van der Waals surface area contributed by atoms with Crippen LogP contribution >= 0.6 is 33.9 Å². The summed E-state index contributed by atoms with van der Waals surface area (Å²) in [6.45, 7) is 2.09. The summed E-state index contributed by atoms with van der Waals surface area (Å²) in [6.07, 6.45) is 1.93. The fraction of sp³-hybridized carbons (Fsp3) is 0.250. The first kappa shape index (κ1) is 13.4. The Bertz CT molecular complexity index is 539. The molecule has 4 nitrogen and oxygen atoms in total. The molecule has 0 aliphatic carbocycles. The number of carbonyl (C=O) groups excluding carboxylic acids is 1. The van der Waals surface area contributed by atoms with Gasteiger partial charge in [-0.1, -0.05) is 18.3 Å². The van der Waals surface area contributed by atoms with E-state index >= 15 is 0 Å². The van der Waals surface area contributed by atoms with E-state index in [0.29, 0.717) is 10.7 Å². The van der Waals surface area contributed by atoms with Crippen LogP contribution in [0.4, 0.5) is 5.13 Å². The maximum atomic E-state index is 11.9. The molecule has 2 rings (SSSR count). The van der Waals surface area contributed by atoms with Gasteiger partial charge in [0.25, 0.3) is 5.91 Å². The van der Waals surface area contributed by atoms with Crippen LogP contribution in [-0.2, 0) is 6.42 Å². The number of hydrogen-bond donors (Lipinski definition) is 1. The van der Waals surface area contributed by atoms with Gasteiger partial charge in [0, 0.05) is 15.6 Å². The van der Waals surface area contributed by atoms with Crippen LogP contribution in [0.2, 0.25) is 0 Å². The molecule has 6 heteroatoms. The predicted molar refractivity (Wildman–Crippen MR) is 81.0 cm³/mol. The average Bonchev–Trinajstić information content (AvgIpc) is 2.78. The first-order valence-corrected chi connectivity index (χ1v) is 7.48. The second-order valence-electron chi connectivity index (χ2n) is 3.71. The first-order chi connectivity index (χ1) is 8.69. The van der Waals surface area contributed by atoms with Crippen LogP contribution < -0.4 is 5.32 Å². The zero-order valence-electron chi connectivity index (χ0n) is 9.81. The molecule has 0 atom stereocenters. The monoisotopic (exact) mass is 373 g/mol. The second kappa shape index (κ2) is 6.24. The van der Waals surface area contributed by atoms with Gasteiger partial charge in [0.2, 0.25) is 5.13 Å². The zero-order chi connectivity index (χ0) is 13.0. The van der Waals surface area contributed by atoms with Crippen molar-refractivity contribution in [1.82, 2.24) is 10.2 Å². The summed E-state index contributed by atoms with van der Waals surface area (Å²) < 4.78 is 1.10. The van der Waals surface area contributed by atoms with Crippen molar-refractivity contribution in [3.63, 3.8) is 0 Å². The lowest BCUT2D eigenvalue weighted by molar-refractivity contribution is 0.102. The minimum Gasteiger partial charge on any atom is -0.296 e. The van der Waals surface area contributed by atoms with Gasteiger partial charge in [0.15, 0.2) is 0 Å². The van der Waals surface area contributed by atoms with E-state index in [9.17, 15) is 4.79 Å². The molecule has 0 bridgehead atoms. The van der Waals surface area contributed by atoms with Gasteiger partial charge in [-0.05, 0) is 53.3 Å². The predicted octanol–water partition coefficient (Wildman–Crippen LogP) is 3.35. The van der Waals surface area contributed by atoms with Crippen LogP contribution in [-0.4, -0.2) is 16.1 Å². The number of aromatic nitrogens is 2. The standard InChI is InChI=1S/C12H12IN3OS/c1-2-3-10-15-16-12(18-10)14-11(17)8-4-6-9(13)7-5-8/h4-7H,2-3H2,1H3,(H,14,16,17). The molecule has 0 unspecified atom stereocenters. The molecular weight excluding hydrogens is 361 g/mol. The van der Waals surface area contributed by atoms with Gasteiger partial charge in [-0.25, -0.2) is 0 Å². The molecule has 0 aliphatic rings. The van der Waals surface area contributed by atoms with Crippen molar-refractivity contribution in [3.05, 3.63) is 38.4 Å². The van der Waals surface area contributed by atoms with Gasteiger partial charge in [-0.3, -0.25) is 10.1 Å². The molecule has 0 saturated heterocycles. The molecule has 1 aromatic heterocycles. The van der Waals surface area contributed by atoms with Gasteiger partial charge in [0.05, 0.1) is 0 Å². The number of amides is 1. The third-order valence-corrected chi connectivity index (χ3v) is 3.88. The van der Waals surface area contributed by atoms with E-state index in [4.69, 9.17) is 0 Å². The highest BCUT2D eigenvalue weighted by molar-refractivity contribution is 14.1. The van der Waals surface area contributed by atoms with Crippen molar-refractivity contribution >= 4 is 45.0 Å². The van der Waals surface area contributed by atoms with E-state index in [1.807, 2.05) is 12.1 Å². The molecule has 18 heavy (non-hydrogen) atoms. The molecule has 0 spiro atoms. The molecular formula is C12H12IN3OS. The number of nitrogens with one attached hydrogen (secondary N) is 1. The highest BCUT2D eigenvalue weighted by atomic mass is 127. The average molecular weight is 373 g/mol. The van der Waals surface area contributed by atoms with E-state index in [-0.39, 0.29) is 5.91 Å². The molecule has 2 aromatic rings. The number of aryl methyl sites for hydroxylation is 1. The molecule has 1 heterocycles. The summed E-state index contributed by atoms with van der Waals surface area (Å²) in [7, 11) is 0. The lowest BCUT2D eigenvalue weighted by Gasteiger charge is -2.00. The molecule has 1 N–H and O–H groups in total. The van der Waals surface area contributed by atoms with Crippen LogP contribution in [0.15, 0.2) is 24.3 Å². The van der Waals surface area contributed by atoms with Crippen molar-refractivity contribution in [3.8, 4) is 0 Å². The van der Waals surface area contributed by atoms with Gasteiger partial charge < -0.3 is 0 Å². The normalized spacial score (nSPS) is 10.3. The van der Waals surface area contributed by atoms with Crippen LogP contribution in [0.3, 0.4) is 0 Å². The minimum absolute atomic E-state index is 0.148.